The van der Waals surface area contributed by atoms with Crippen molar-refractivity contribution in [1.82, 2.24) is 10.3 Å². The van der Waals surface area contributed by atoms with Crippen LogP contribution in [0.1, 0.15) is 34.1 Å². The Morgan fingerprint density at radius 1 is 1.55 bits per heavy atom. The zero-order valence-electron chi connectivity index (χ0n) is 11.1. The summed E-state index contributed by atoms with van der Waals surface area (Å²) >= 11 is 0. The maximum atomic E-state index is 12.1. The maximum absolute atomic E-state index is 12.1. The Morgan fingerprint density at radius 3 is 3.05 bits per heavy atom. The molecule has 1 aliphatic carbocycles. The number of rotatable bonds is 2. The van der Waals surface area contributed by atoms with Gasteiger partial charge in [-0.15, -0.1) is 0 Å². The van der Waals surface area contributed by atoms with Gasteiger partial charge in [0.2, 0.25) is 0 Å². The Bertz CT molecular complexity index is 705. The van der Waals surface area contributed by atoms with E-state index in [1.165, 1.54) is 0 Å². The Labute approximate surface area is 115 Å². The Balaban J connectivity index is 2.16. The van der Waals surface area contributed by atoms with Crippen molar-refractivity contribution in [3.63, 3.8) is 0 Å². The van der Waals surface area contributed by atoms with Crippen LogP contribution in [0.2, 0.25) is 0 Å². The van der Waals surface area contributed by atoms with E-state index < -0.39 is 0 Å². The number of benzene rings is 1. The molecule has 2 aromatic rings. The van der Waals surface area contributed by atoms with Crippen molar-refractivity contribution >= 4 is 22.8 Å². The van der Waals surface area contributed by atoms with Crippen LogP contribution in [0, 0.1) is 5.41 Å². The van der Waals surface area contributed by atoms with Crippen LogP contribution in [0.4, 0.5) is 0 Å². The minimum absolute atomic E-state index is 0.0609. The van der Waals surface area contributed by atoms with Crippen molar-refractivity contribution < 1.29 is 9.53 Å². The lowest BCUT2D eigenvalue weighted by atomic mass is 9.89. The fraction of sp³-hybridized carbons (Fsp3) is 0.286. The van der Waals surface area contributed by atoms with Crippen LogP contribution in [-0.2, 0) is 11.2 Å². The summed E-state index contributed by atoms with van der Waals surface area (Å²) in [5.74, 6) is -0.725. The zero-order chi connectivity index (χ0) is 14.3. The van der Waals surface area contributed by atoms with Crippen LogP contribution in [-0.4, -0.2) is 24.0 Å². The summed E-state index contributed by atoms with van der Waals surface area (Å²) in [5.41, 5.74) is 8.69. The van der Waals surface area contributed by atoms with E-state index in [-0.39, 0.29) is 18.0 Å². The molecule has 1 heterocycles. The molecule has 1 aromatic carbocycles. The summed E-state index contributed by atoms with van der Waals surface area (Å²) in [6.45, 7) is 0. The number of carbonyl (C=O) groups is 1. The van der Waals surface area contributed by atoms with E-state index in [1.807, 2.05) is 18.2 Å². The molecule has 1 amide bonds. The van der Waals surface area contributed by atoms with Gasteiger partial charge in [0.15, 0.2) is 5.96 Å². The summed E-state index contributed by atoms with van der Waals surface area (Å²) in [6, 6.07) is 5.91. The molecule has 6 nitrogen and oxygen atoms in total. The number of hydrogen-bond donors (Lipinski definition) is 4. The van der Waals surface area contributed by atoms with Gasteiger partial charge < -0.3 is 15.5 Å². The van der Waals surface area contributed by atoms with Gasteiger partial charge in [-0.2, -0.15) is 0 Å². The summed E-state index contributed by atoms with van der Waals surface area (Å²) in [6.07, 6.45) is 1.66. The number of carbonyl (C=O) groups excluding carboxylic acids is 1. The Hall–Kier alpha value is -2.34. The van der Waals surface area contributed by atoms with Crippen molar-refractivity contribution in [1.29, 1.82) is 5.41 Å². The number of hydrogen-bond acceptors (Lipinski definition) is 3. The van der Waals surface area contributed by atoms with Crippen LogP contribution in [0.25, 0.3) is 10.9 Å². The third-order valence-electron chi connectivity index (χ3n) is 3.72. The standard InChI is InChI=1S/C14H16N4O2/c1-20-10-6-5-8-11-7(10)3-2-4-9(11)17-12(8)13(19)18-14(15)16/h2-4,10,17H,5-6H2,1H3,(H4,15,16,18,19). The molecule has 0 saturated heterocycles. The highest BCUT2D eigenvalue weighted by Crippen LogP contribution is 2.38. The quantitative estimate of drug-likeness (QED) is 0.491. The molecular formula is C14H16N4O2. The molecule has 1 aliphatic rings. The van der Waals surface area contributed by atoms with E-state index in [4.69, 9.17) is 15.9 Å². The highest BCUT2D eigenvalue weighted by atomic mass is 16.5. The van der Waals surface area contributed by atoms with E-state index in [9.17, 15) is 4.79 Å². The number of ether oxygens (including phenoxy) is 1. The summed E-state index contributed by atoms with van der Waals surface area (Å²) in [7, 11) is 1.70. The van der Waals surface area contributed by atoms with Crippen LogP contribution in [0.5, 0.6) is 0 Å². The summed E-state index contributed by atoms with van der Waals surface area (Å²) < 4.78 is 5.50. The maximum Gasteiger partial charge on any atom is 0.274 e. The highest BCUT2D eigenvalue weighted by Gasteiger charge is 2.27. The van der Waals surface area contributed by atoms with Crippen molar-refractivity contribution in [2.45, 2.75) is 18.9 Å². The largest absolute Gasteiger partial charge is 0.377 e. The van der Waals surface area contributed by atoms with Crippen LogP contribution in [0.15, 0.2) is 18.2 Å². The first-order valence-electron chi connectivity index (χ1n) is 6.43. The van der Waals surface area contributed by atoms with Gasteiger partial charge in [-0.1, -0.05) is 12.1 Å². The number of nitrogens with one attached hydrogen (secondary N) is 3. The number of nitrogens with two attached hydrogens (primary N) is 1. The van der Waals surface area contributed by atoms with Gasteiger partial charge in [-0.25, -0.2) is 0 Å². The number of H-pyrrole nitrogens is 1. The molecule has 5 N–H and O–H groups in total. The third-order valence-corrected chi connectivity index (χ3v) is 3.72. The summed E-state index contributed by atoms with van der Waals surface area (Å²) in [5, 5.41) is 10.5. The van der Waals surface area contributed by atoms with Crippen LogP contribution < -0.4 is 11.1 Å². The lowest BCUT2D eigenvalue weighted by Gasteiger charge is -2.22. The molecule has 0 saturated carbocycles. The molecule has 20 heavy (non-hydrogen) atoms. The molecule has 0 bridgehead atoms. The van der Waals surface area contributed by atoms with Crippen LogP contribution >= 0.6 is 0 Å². The normalized spacial score (nSPS) is 17.1. The van der Waals surface area contributed by atoms with E-state index in [1.54, 1.807) is 7.11 Å². The monoisotopic (exact) mass is 272 g/mol. The second kappa shape index (κ2) is 4.64. The average molecular weight is 272 g/mol. The van der Waals surface area contributed by atoms with E-state index in [0.717, 1.165) is 34.9 Å². The first-order valence-corrected chi connectivity index (χ1v) is 6.43. The van der Waals surface area contributed by atoms with E-state index in [2.05, 4.69) is 10.3 Å². The van der Waals surface area contributed by atoms with Gasteiger partial charge in [0, 0.05) is 18.0 Å². The van der Waals surface area contributed by atoms with E-state index >= 15 is 0 Å². The van der Waals surface area contributed by atoms with Gasteiger partial charge in [0.25, 0.3) is 5.91 Å². The molecule has 1 unspecified atom stereocenters. The molecule has 0 fully saturated rings. The van der Waals surface area contributed by atoms with Crippen molar-refractivity contribution in [3.05, 3.63) is 35.0 Å². The van der Waals surface area contributed by atoms with Crippen molar-refractivity contribution in [2.24, 2.45) is 5.73 Å². The number of guanidine groups is 1. The van der Waals surface area contributed by atoms with Crippen molar-refractivity contribution in [2.75, 3.05) is 7.11 Å². The Morgan fingerprint density at radius 2 is 2.35 bits per heavy atom. The van der Waals surface area contributed by atoms with Gasteiger partial charge >= 0.3 is 0 Å². The van der Waals surface area contributed by atoms with Crippen molar-refractivity contribution in [3.8, 4) is 0 Å². The molecule has 0 aliphatic heterocycles. The molecule has 1 aromatic heterocycles. The highest BCUT2D eigenvalue weighted by molar-refractivity contribution is 6.08. The number of methoxy groups -OCH3 is 1. The lowest BCUT2D eigenvalue weighted by Crippen LogP contribution is -2.36. The molecule has 6 heteroatoms. The minimum Gasteiger partial charge on any atom is -0.377 e. The minimum atomic E-state index is -0.370. The van der Waals surface area contributed by atoms with E-state index in [0.29, 0.717) is 5.69 Å². The average Bonchev–Trinajstić information content (AvgIpc) is 2.80. The Kier molecular flexibility index (Phi) is 2.94. The molecule has 0 spiro atoms. The smallest absolute Gasteiger partial charge is 0.274 e. The number of aromatic nitrogens is 1. The summed E-state index contributed by atoms with van der Waals surface area (Å²) in [4.78, 5) is 15.2. The predicted octanol–water partition coefficient (Wildman–Crippen LogP) is 1.42. The van der Waals surface area contributed by atoms with Gasteiger partial charge in [-0.3, -0.25) is 15.5 Å². The predicted molar refractivity (Wildman–Crippen MR) is 75.8 cm³/mol. The molecular weight excluding hydrogens is 256 g/mol. The van der Waals surface area contributed by atoms with Gasteiger partial charge in [-0.05, 0) is 30.0 Å². The number of amides is 1. The topological polar surface area (TPSA) is 104 Å². The third kappa shape index (κ3) is 1.85. The second-order valence-electron chi connectivity index (χ2n) is 4.88. The number of aryl methyl sites for hydroxylation is 1. The SMILES string of the molecule is COC1CCc2c(C(=O)NC(=N)N)[nH]c3cccc1c23. The van der Waals surface area contributed by atoms with Crippen LogP contribution in [0.3, 0.4) is 0 Å². The lowest BCUT2D eigenvalue weighted by molar-refractivity contribution is 0.0937. The fourth-order valence-electron chi connectivity index (χ4n) is 2.92. The van der Waals surface area contributed by atoms with Gasteiger partial charge in [0.05, 0.1) is 6.10 Å². The number of aromatic amines is 1. The fourth-order valence-corrected chi connectivity index (χ4v) is 2.92. The second-order valence-corrected chi connectivity index (χ2v) is 4.88. The first-order chi connectivity index (χ1) is 9.61. The first kappa shape index (κ1) is 12.7. The molecule has 0 radical (unpaired) electrons. The molecule has 3 rings (SSSR count). The van der Waals surface area contributed by atoms with Gasteiger partial charge in [0.1, 0.15) is 5.69 Å². The molecule has 104 valence electrons. The zero-order valence-corrected chi connectivity index (χ0v) is 11.1. The molecule has 1 atom stereocenters.